The van der Waals surface area contributed by atoms with Crippen molar-refractivity contribution in [1.29, 1.82) is 0 Å². The van der Waals surface area contributed by atoms with E-state index < -0.39 is 0 Å². The van der Waals surface area contributed by atoms with Crippen molar-refractivity contribution in [1.82, 2.24) is 20.1 Å². The molecule has 27 heavy (non-hydrogen) atoms. The Bertz CT molecular complexity index is 940. The fourth-order valence-corrected chi connectivity index (χ4v) is 3.98. The monoisotopic (exact) mass is 442 g/mol. The molecule has 0 atom stereocenters. The molecule has 0 unspecified atom stereocenters. The van der Waals surface area contributed by atoms with Crippen LogP contribution >= 0.6 is 27.7 Å². The van der Waals surface area contributed by atoms with E-state index in [1.807, 2.05) is 42.5 Å². The molecule has 5 nitrogen and oxygen atoms in total. The van der Waals surface area contributed by atoms with Gasteiger partial charge in [-0.1, -0.05) is 76.2 Å². The van der Waals surface area contributed by atoms with Gasteiger partial charge in [0, 0.05) is 16.1 Å². The van der Waals surface area contributed by atoms with Crippen molar-refractivity contribution in [3.63, 3.8) is 0 Å². The van der Waals surface area contributed by atoms with Gasteiger partial charge in [0.1, 0.15) is 0 Å². The van der Waals surface area contributed by atoms with Crippen LogP contribution in [0, 0.1) is 0 Å². The lowest BCUT2D eigenvalue weighted by Crippen LogP contribution is -2.27. The number of nitrogens with zero attached hydrogens (tertiary/aromatic N) is 3. The molecule has 1 N–H and O–H groups in total. The molecule has 0 aliphatic heterocycles. The zero-order chi connectivity index (χ0) is 18.6. The third-order valence-corrected chi connectivity index (χ3v) is 5.95. The van der Waals surface area contributed by atoms with Crippen LogP contribution in [0.15, 0.2) is 64.2 Å². The first-order valence-electron chi connectivity index (χ1n) is 8.85. The Morgan fingerprint density at radius 2 is 1.85 bits per heavy atom. The molecule has 1 amide bonds. The van der Waals surface area contributed by atoms with Crippen molar-refractivity contribution in [3.8, 4) is 11.4 Å². The van der Waals surface area contributed by atoms with Gasteiger partial charge in [-0.15, -0.1) is 10.2 Å². The molecule has 1 aliphatic carbocycles. The predicted octanol–water partition coefficient (Wildman–Crippen LogP) is 4.13. The number of hydrogen-bond acceptors (Lipinski definition) is 4. The van der Waals surface area contributed by atoms with Gasteiger partial charge in [-0.2, -0.15) is 0 Å². The minimum absolute atomic E-state index is 0.0548. The van der Waals surface area contributed by atoms with Gasteiger partial charge in [-0.25, -0.2) is 0 Å². The van der Waals surface area contributed by atoms with E-state index in [-0.39, 0.29) is 5.91 Å². The summed E-state index contributed by atoms with van der Waals surface area (Å²) < 4.78 is 3.04. The van der Waals surface area contributed by atoms with Crippen LogP contribution in [-0.2, 0) is 11.3 Å². The molecule has 2 aromatic carbocycles. The fraction of sp³-hybridized carbons (Fsp3) is 0.250. The Hall–Kier alpha value is -2.12. The number of aromatic nitrogens is 3. The van der Waals surface area contributed by atoms with E-state index >= 15 is 0 Å². The predicted molar refractivity (Wildman–Crippen MR) is 111 cm³/mol. The molecule has 7 heteroatoms. The molecule has 0 saturated heterocycles. The number of carbonyl (C=O) groups excluding carboxylic acids is 1. The van der Waals surface area contributed by atoms with Crippen molar-refractivity contribution in [2.45, 2.75) is 30.6 Å². The number of rotatable bonds is 7. The normalized spacial score (nSPS) is 13.5. The number of amides is 1. The van der Waals surface area contributed by atoms with Gasteiger partial charge in [0.25, 0.3) is 0 Å². The van der Waals surface area contributed by atoms with E-state index in [0.717, 1.165) is 39.4 Å². The largest absolute Gasteiger partial charge is 0.353 e. The lowest BCUT2D eigenvalue weighted by atomic mass is 10.2. The number of benzene rings is 2. The average molecular weight is 443 g/mol. The van der Waals surface area contributed by atoms with Crippen LogP contribution in [0.3, 0.4) is 0 Å². The molecule has 1 fully saturated rings. The minimum atomic E-state index is 0.0548. The maximum atomic E-state index is 12.1. The molecule has 1 aromatic heterocycles. The van der Waals surface area contributed by atoms with Crippen LogP contribution in [0.25, 0.3) is 11.4 Å². The highest BCUT2D eigenvalue weighted by molar-refractivity contribution is 9.10. The minimum Gasteiger partial charge on any atom is -0.353 e. The van der Waals surface area contributed by atoms with Crippen LogP contribution < -0.4 is 5.32 Å². The van der Waals surface area contributed by atoms with Crippen LogP contribution in [0.5, 0.6) is 0 Å². The Labute approximate surface area is 170 Å². The van der Waals surface area contributed by atoms with Crippen molar-refractivity contribution < 1.29 is 4.79 Å². The number of carbonyl (C=O) groups is 1. The maximum absolute atomic E-state index is 12.1. The fourth-order valence-electron chi connectivity index (χ4n) is 2.77. The van der Waals surface area contributed by atoms with E-state index in [1.165, 1.54) is 11.8 Å². The number of hydrogen-bond donors (Lipinski definition) is 1. The second kappa shape index (κ2) is 8.27. The first-order chi connectivity index (χ1) is 13.2. The summed E-state index contributed by atoms with van der Waals surface area (Å²) in [4.78, 5) is 12.1. The summed E-state index contributed by atoms with van der Waals surface area (Å²) in [5.74, 6) is 1.19. The molecule has 138 valence electrons. The molecular weight excluding hydrogens is 424 g/mol. The SMILES string of the molecule is O=C(CSc1nnc(-c2ccccc2Br)n1Cc1ccccc1)NC1CC1. The Balaban J connectivity index is 1.61. The third-order valence-electron chi connectivity index (χ3n) is 4.29. The van der Waals surface area contributed by atoms with E-state index in [0.29, 0.717) is 18.3 Å². The highest BCUT2D eigenvalue weighted by atomic mass is 79.9. The topological polar surface area (TPSA) is 59.8 Å². The van der Waals surface area contributed by atoms with Gasteiger partial charge in [0.2, 0.25) is 5.91 Å². The molecule has 0 radical (unpaired) electrons. The highest BCUT2D eigenvalue weighted by Gasteiger charge is 2.24. The van der Waals surface area contributed by atoms with E-state index in [4.69, 9.17) is 0 Å². The lowest BCUT2D eigenvalue weighted by Gasteiger charge is -2.11. The molecule has 1 aliphatic rings. The van der Waals surface area contributed by atoms with E-state index in [1.54, 1.807) is 0 Å². The van der Waals surface area contributed by atoms with Gasteiger partial charge in [-0.05, 0) is 24.5 Å². The number of halogens is 1. The summed E-state index contributed by atoms with van der Waals surface area (Å²) in [7, 11) is 0. The second-order valence-electron chi connectivity index (χ2n) is 6.49. The zero-order valence-corrected chi connectivity index (χ0v) is 17.0. The van der Waals surface area contributed by atoms with Crippen molar-refractivity contribution in [2.24, 2.45) is 0 Å². The number of nitrogens with one attached hydrogen (secondary N) is 1. The van der Waals surface area contributed by atoms with Crippen LogP contribution in [0.1, 0.15) is 18.4 Å². The van der Waals surface area contributed by atoms with Crippen LogP contribution in [0.4, 0.5) is 0 Å². The molecule has 1 heterocycles. The second-order valence-corrected chi connectivity index (χ2v) is 8.29. The molecule has 0 bridgehead atoms. The molecular formula is C20H19BrN4OS. The smallest absolute Gasteiger partial charge is 0.230 e. The lowest BCUT2D eigenvalue weighted by molar-refractivity contribution is -0.118. The zero-order valence-electron chi connectivity index (χ0n) is 14.6. The third kappa shape index (κ3) is 4.59. The Morgan fingerprint density at radius 3 is 2.59 bits per heavy atom. The molecule has 0 spiro atoms. The maximum Gasteiger partial charge on any atom is 0.230 e. The summed E-state index contributed by atoms with van der Waals surface area (Å²) in [5, 5.41) is 12.6. The standard InChI is InChI=1S/C20H19BrN4OS/c21-17-9-5-4-8-16(17)19-23-24-20(27-13-18(26)22-15-10-11-15)25(19)12-14-6-2-1-3-7-14/h1-9,15H,10-13H2,(H,22,26). The Kier molecular flexibility index (Phi) is 5.59. The van der Waals surface area contributed by atoms with Crippen molar-refractivity contribution in [3.05, 3.63) is 64.6 Å². The summed E-state index contributed by atoms with van der Waals surface area (Å²) in [6, 6.07) is 18.5. The van der Waals surface area contributed by atoms with Gasteiger partial charge < -0.3 is 5.32 Å². The summed E-state index contributed by atoms with van der Waals surface area (Å²) in [5.41, 5.74) is 2.14. The summed E-state index contributed by atoms with van der Waals surface area (Å²) in [6.45, 7) is 0.650. The summed E-state index contributed by atoms with van der Waals surface area (Å²) >= 11 is 5.03. The molecule has 3 aromatic rings. The summed E-state index contributed by atoms with van der Waals surface area (Å²) in [6.07, 6.45) is 2.18. The van der Waals surface area contributed by atoms with Gasteiger partial charge in [0.15, 0.2) is 11.0 Å². The van der Waals surface area contributed by atoms with E-state index in [2.05, 4.69) is 48.1 Å². The van der Waals surface area contributed by atoms with Gasteiger partial charge in [-0.3, -0.25) is 9.36 Å². The van der Waals surface area contributed by atoms with Crippen LogP contribution in [0.2, 0.25) is 0 Å². The van der Waals surface area contributed by atoms with Gasteiger partial charge >= 0.3 is 0 Å². The first kappa shape index (κ1) is 18.3. The quantitative estimate of drug-likeness (QED) is 0.558. The molecule has 4 rings (SSSR count). The highest BCUT2D eigenvalue weighted by Crippen LogP contribution is 2.30. The number of thioether (sulfide) groups is 1. The van der Waals surface area contributed by atoms with Gasteiger partial charge in [0.05, 0.1) is 12.3 Å². The average Bonchev–Trinajstić information content (AvgIpc) is 3.41. The first-order valence-corrected chi connectivity index (χ1v) is 10.6. The van der Waals surface area contributed by atoms with Crippen molar-refractivity contribution >= 4 is 33.6 Å². The van der Waals surface area contributed by atoms with E-state index in [9.17, 15) is 4.79 Å². The molecule has 1 saturated carbocycles. The van der Waals surface area contributed by atoms with Crippen molar-refractivity contribution in [2.75, 3.05) is 5.75 Å². The van der Waals surface area contributed by atoms with Crippen LogP contribution in [-0.4, -0.2) is 32.5 Å². The Morgan fingerprint density at radius 1 is 1.11 bits per heavy atom.